The van der Waals surface area contributed by atoms with Crippen molar-refractivity contribution < 1.29 is 18.7 Å². The average Bonchev–Trinajstić information content (AvgIpc) is 3.49. The van der Waals surface area contributed by atoms with Gasteiger partial charge in [-0.1, -0.05) is 0 Å². The third-order valence-corrected chi connectivity index (χ3v) is 5.54. The van der Waals surface area contributed by atoms with E-state index in [1.165, 1.54) is 26.4 Å². The van der Waals surface area contributed by atoms with Gasteiger partial charge in [0.25, 0.3) is 0 Å². The minimum atomic E-state index is -0.628. The van der Waals surface area contributed by atoms with Crippen LogP contribution in [-0.4, -0.2) is 44.4 Å². The quantitative estimate of drug-likeness (QED) is 0.476. The molecule has 35 heavy (non-hydrogen) atoms. The van der Waals surface area contributed by atoms with Crippen molar-refractivity contribution in [2.45, 2.75) is 12.8 Å². The molecule has 4 heterocycles. The zero-order valence-electron chi connectivity index (χ0n) is 19.3. The number of aryl methyl sites for hydroxylation is 1. The second-order valence-corrected chi connectivity index (χ2v) is 7.91. The Balaban J connectivity index is 1.78. The summed E-state index contributed by atoms with van der Waals surface area (Å²) in [6.07, 6.45) is 7.86. The first kappa shape index (κ1) is 22.3. The van der Waals surface area contributed by atoms with Crippen LogP contribution < -0.4 is 20.3 Å². The highest BCUT2D eigenvalue weighted by Crippen LogP contribution is 2.32. The minimum absolute atomic E-state index is 0.00973. The van der Waals surface area contributed by atoms with Crippen LogP contribution in [0.25, 0.3) is 28.6 Å². The normalized spacial score (nSPS) is 15.1. The molecule has 0 spiro atoms. The number of hydrogen-bond donors (Lipinski definition) is 1. The van der Waals surface area contributed by atoms with Gasteiger partial charge in [-0.15, -0.1) is 0 Å². The van der Waals surface area contributed by atoms with Crippen LogP contribution in [0.3, 0.4) is 0 Å². The fraction of sp³-hybridized carbons (Fsp3) is 0.208. The number of allylic oxidation sites excluding steroid dienone is 1. The number of pyridine rings is 1. The molecular formula is C24H22FN7O3. The second-order valence-electron chi connectivity index (χ2n) is 7.91. The summed E-state index contributed by atoms with van der Waals surface area (Å²) in [5.41, 5.74) is 3.58. The average molecular weight is 475 g/mol. The van der Waals surface area contributed by atoms with Gasteiger partial charge in [-0.3, -0.25) is 19.0 Å². The lowest BCUT2D eigenvalue weighted by Gasteiger charge is -2.11. The van der Waals surface area contributed by atoms with E-state index in [9.17, 15) is 4.79 Å². The molecule has 1 aliphatic heterocycles. The number of benzene rings is 1. The van der Waals surface area contributed by atoms with E-state index in [-0.39, 0.29) is 17.3 Å². The molecule has 1 fully saturated rings. The maximum absolute atomic E-state index is 15.1. The van der Waals surface area contributed by atoms with Crippen molar-refractivity contribution >= 4 is 29.0 Å². The van der Waals surface area contributed by atoms with E-state index in [1.807, 2.05) is 13.2 Å². The van der Waals surface area contributed by atoms with E-state index in [4.69, 9.17) is 14.5 Å². The molecular weight excluding hydrogens is 453 g/mol. The van der Waals surface area contributed by atoms with Gasteiger partial charge in [-0.25, -0.2) is 14.4 Å². The summed E-state index contributed by atoms with van der Waals surface area (Å²) in [5, 5.41) is 7.04. The van der Waals surface area contributed by atoms with Gasteiger partial charge in [-0.2, -0.15) is 5.10 Å². The van der Waals surface area contributed by atoms with E-state index < -0.39 is 5.82 Å². The van der Waals surface area contributed by atoms with Gasteiger partial charge < -0.3 is 14.8 Å². The molecule has 0 aliphatic carbocycles. The van der Waals surface area contributed by atoms with Gasteiger partial charge in [0.1, 0.15) is 22.4 Å². The Morgan fingerprint density at radius 2 is 2.03 bits per heavy atom. The molecule has 1 aromatic carbocycles. The Kier molecular flexibility index (Phi) is 5.73. The molecule has 3 aromatic heterocycles. The number of hydrogen-bond acceptors (Lipinski definition) is 7. The predicted octanol–water partition coefficient (Wildman–Crippen LogP) is 2.93. The summed E-state index contributed by atoms with van der Waals surface area (Å²) < 4.78 is 28.9. The summed E-state index contributed by atoms with van der Waals surface area (Å²) in [5.74, 6) is -0.289. The lowest BCUT2D eigenvalue weighted by Crippen LogP contribution is -2.20. The fourth-order valence-electron chi connectivity index (χ4n) is 3.77. The number of fused-ring (bicyclic) bond motifs is 1. The summed E-state index contributed by atoms with van der Waals surface area (Å²) in [6, 6.07) is 6.39. The van der Waals surface area contributed by atoms with Crippen LogP contribution in [0, 0.1) is 5.82 Å². The molecule has 178 valence electrons. The first-order valence-electron chi connectivity index (χ1n) is 10.8. The highest BCUT2D eigenvalue weighted by molar-refractivity contribution is 5.82. The summed E-state index contributed by atoms with van der Waals surface area (Å²) in [7, 11) is 4.68. The van der Waals surface area contributed by atoms with E-state index in [0.717, 1.165) is 5.56 Å². The number of rotatable bonds is 5. The first-order chi connectivity index (χ1) is 16.9. The molecule has 11 heteroatoms. The SMILES string of the molecule is COc1cc(N=c2ccc3ncc(-c4cnn(C)c4)nc3n2/C=C2\CCC(=O)N2)c(F)c(OC)c1. The molecule has 1 aliphatic rings. The Bertz CT molecular complexity index is 1550. The van der Waals surface area contributed by atoms with Crippen molar-refractivity contribution in [1.82, 2.24) is 29.6 Å². The van der Waals surface area contributed by atoms with Gasteiger partial charge in [0.05, 0.1) is 32.3 Å². The molecule has 1 N–H and O–H groups in total. The zero-order valence-corrected chi connectivity index (χ0v) is 19.3. The van der Waals surface area contributed by atoms with Crippen LogP contribution in [0.5, 0.6) is 11.5 Å². The molecule has 1 amide bonds. The largest absolute Gasteiger partial charge is 0.497 e. The van der Waals surface area contributed by atoms with Crippen molar-refractivity contribution in [3.63, 3.8) is 0 Å². The Labute approximate surface area is 199 Å². The van der Waals surface area contributed by atoms with E-state index in [2.05, 4.69) is 20.4 Å². The van der Waals surface area contributed by atoms with E-state index in [0.29, 0.717) is 46.6 Å². The molecule has 0 unspecified atom stereocenters. The second kappa shape index (κ2) is 9.01. The fourth-order valence-corrected chi connectivity index (χ4v) is 3.77. The number of amides is 1. The third kappa shape index (κ3) is 4.35. The summed E-state index contributed by atoms with van der Waals surface area (Å²) in [6.45, 7) is 0. The third-order valence-electron chi connectivity index (χ3n) is 5.54. The predicted molar refractivity (Wildman–Crippen MR) is 126 cm³/mol. The van der Waals surface area contributed by atoms with Gasteiger partial charge in [0, 0.05) is 49.3 Å². The zero-order chi connectivity index (χ0) is 24.5. The topological polar surface area (TPSA) is 108 Å². The van der Waals surface area contributed by atoms with Crippen LogP contribution in [0.1, 0.15) is 12.8 Å². The monoisotopic (exact) mass is 475 g/mol. The summed E-state index contributed by atoms with van der Waals surface area (Å²) in [4.78, 5) is 25.7. The molecule has 0 radical (unpaired) electrons. The van der Waals surface area contributed by atoms with Gasteiger partial charge in [0.15, 0.2) is 17.2 Å². The number of carbonyl (C=O) groups is 1. The van der Waals surface area contributed by atoms with E-state index in [1.54, 1.807) is 40.0 Å². The minimum Gasteiger partial charge on any atom is -0.497 e. The molecule has 0 atom stereocenters. The standard InChI is InChI=1S/C24H22FN7O3/c1-31-12-14(10-27-31)19-11-26-17-5-6-21(29-18-8-16(34-2)9-20(35-3)23(18)25)32(24(17)30-19)13-15-4-7-22(33)28-15/h5-6,8-13H,4,7H2,1-3H3,(H,28,33)/b15-13+,29-21?. The lowest BCUT2D eigenvalue weighted by atomic mass is 10.2. The first-order valence-corrected chi connectivity index (χ1v) is 10.8. The molecule has 0 saturated carbocycles. The van der Waals surface area contributed by atoms with Crippen molar-refractivity contribution in [1.29, 1.82) is 0 Å². The number of methoxy groups -OCH3 is 2. The van der Waals surface area contributed by atoms with E-state index >= 15 is 4.39 Å². The lowest BCUT2D eigenvalue weighted by molar-refractivity contribution is -0.118. The number of nitrogens with one attached hydrogen (secondary N) is 1. The molecule has 10 nitrogen and oxygen atoms in total. The number of aromatic nitrogens is 5. The van der Waals surface area contributed by atoms with Crippen LogP contribution in [0.15, 0.2) is 53.5 Å². The highest BCUT2D eigenvalue weighted by Gasteiger charge is 2.16. The van der Waals surface area contributed by atoms with Crippen molar-refractivity contribution in [2.75, 3.05) is 14.2 Å². The summed E-state index contributed by atoms with van der Waals surface area (Å²) >= 11 is 0. The Morgan fingerprint density at radius 3 is 2.71 bits per heavy atom. The number of carbonyl (C=O) groups excluding carboxylic acids is 1. The van der Waals surface area contributed by atoms with Crippen molar-refractivity contribution in [3.8, 4) is 22.8 Å². The van der Waals surface area contributed by atoms with Crippen LogP contribution >= 0.6 is 0 Å². The molecule has 0 bridgehead atoms. The number of ether oxygens (including phenoxy) is 2. The van der Waals surface area contributed by atoms with Gasteiger partial charge >= 0.3 is 0 Å². The number of halogens is 1. The van der Waals surface area contributed by atoms with Crippen LogP contribution in [0.2, 0.25) is 0 Å². The van der Waals surface area contributed by atoms with Crippen molar-refractivity contribution in [2.24, 2.45) is 12.0 Å². The van der Waals surface area contributed by atoms with Crippen molar-refractivity contribution in [3.05, 3.63) is 59.9 Å². The van der Waals surface area contributed by atoms with Crippen LogP contribution in [-0.2, 0) is 11.8 Å². The Hall–Kier alpha value is -4.54. The number of nitrogens with zero attached hydrogens (tertiary/aromatic N) is 6. The molecule has 5 rings (SSSR count). The Morgan fingerprint density at radius 1 is 1.17 bits per heavy atom. The smallest absolute Gasteiger partial charge is 0.224 e. The van der Waals surface area contributed by atoms with Crippen LogP contribution in [0.4, 0.5) is 10.1 Å². The van der Waals surface area contributed by atoms with Gasteiger partial charge in [-0.05, 0) is 18.6 Å². The molecule has 1 saturated heterocycles. The molecule has 4 aromatic rings. The maximum atomic E-state index is 15.1. The van der Waals surface area contributed by atoms with Gasteiger partial charge in [0.2, 0.25) is 5.91 Å². The maximum Gasteiger partial charge on any atom is 0.224 e. The highest BCUT2D eigenvalue weighted by atomic mass is 19.1.